The lowest BCUT2D eigenvalue weighted by atomic mass is 10.0. The van der Waals surface area contributed by atoms with Gasteiger partial charge in [0.1, 0.15) is 23.9 Å². The van der Waals surface area contributed by atoms with Gasteiger partial charge in [0, 0.05) is 30.4 Å². The Kier molecular flexibility index (Phi) is 5.32. The van der Waals surface area contributed by atoms with E-state index < -0.39 is 0 Å². The van der Waals surface area contributed by atoms with E-state index in [9.17, 15) is 0 Å². The fourth-order valence-electron chi connectivity index (χ4n) is 2.73. The molecule has 3 rings (SSSR count). The van der Waals surface area contributed by atoms with Crippen LogP contribution in [0.1, 0.15) is 24.4 Å². The molecule has 0 aliphatic carbocycles. The molecule has 1 aliphatic rings. The fourth-order valence-corrected chi connectivity index (χ4v) is 2.73. The van der Waals surface area contributed by atoms with Crippen molar-refractivity contribution in [2.75, 3.05) is 26.9 Å². The zero-order chi connectivity index (χ0) is 15.9. The van der Waals surface area contributed by atoms with Crippen LogP contribution in [-0.2, 0) is 0 Å². The van der Waals surface area contributed by atoms with Crippen molar-refractivity contribution in [3.05, 3.63) is 48.3 Å². The van der Waals surface area contributed by atoms with Gasteiger partial charge in [0.2, 0.25) is 0 Å². The summed E-state index contributed by atoms with van der Waals surface area (Å²) in [4.78, 5) is 4.04. The first-order valence-electron chi connectivity index (χ1n) is 7.94. The van der Waals surface area contributed by atoms with Gasteiger partial charge in [0.15, 0.2) is 0 Å². The summed E-state index contributed by atoms with van der Waals surface area (Å²) in [5.41, 5.74) is 1.18. The van der Waals surface area contributed by atoms with E-state index in [0.717, 1.165) is 43.2 Å². The second-order valence-corrected chi connectivity index (χ2v) is 5.44. The molecule has 5 nitrogen and oxygen atoms in total. The number of ether oxygens (including phenoxy) is 3. The molecule has 1 atom stereocenters. The third-order valence-electron chi connectivity index (χ3n) is 3.89. The molecule has 0 fully saturated rings. The highest BCUT2D eigenvalue weighted by molar-refractivity contribution is 5.43. The van der Waals surface area contributed by atoms with Crippen molar-refractivity contribution in [2.45, 2.75) is 18.9 Å². The van der Waals surface area contributed by atoms with Gasteiger partial charge in [0.05, 0.1) is 19.9 Å². The highest BCUT2D eigenvalue weighted by atomic mass is 16.5. The summed E-state index contributed by atoms with van der Waals surface area (Å²) in [5.74, 6) is 2.53. The lowest BCUT2D eigenvalue weighted by molar-refractivity contribution is 0.299. The van der Waals surface area contributed by atoms with Crippen LogP contribution in [0.25, 0.3) is 0 Å². The van der Waals surface area contributed by atoms with E-state index in [4.69, 9.17) is 14.2 Å². The number of benzene rings is 1. The molecule has 0 radical (unpaired) electrons. The predicted molar refractivity (Wildman–Crippen MR) is 88.2 cm³/mol. The molecule has 0 amide bonds. The highest BCUT2D eigenvalue weighted by Gasteiger charge is 2.19. The van der Waals surface area contributed by atoms with Gasteiger partial charge in [-0.2, -0.15) is 0 Å². The summed E-state index contributed by atoms with van der Waals surface area (Å²) in [5, 5.41) is 3.56. The molecule has 1 aromatic carbocycles. The van der Waals surface area contributed by atoms with E-state index in [0.29, 0.717) is 6.61 Å². The normalized spacial score (nSPS) is 16.8. The minimum absolute atomic E-state index is 0.274. The topological polar surface area (TPSA) is 52.6 Å². The van der Waals surface area contributed by atoms with Crippen LogP contribution in [0.5, 0.6) is 17.2 Å². The van der Waals surface area contributed by atoms with Crippen LogP contribution in [0.3, 0.4) is 0 Å². The van der Waals surface area contributed by atoms with E-state index in [-0.39, 0.29) is 6.04 Å². The largest absolute Gasteiger partial charge is 0.497 e. The number of hydrogen-bond acceptors (Lipinski definition) is 5. The van der Waals surface area contributed by atoms with E-state index in [1.807, 2.05) is 24.3 Å². The molecular formula is C18H22N2O3. The molecule has 1 unspecified atom stereocenters. The maximum absolute atomic E-state index is 5.84. The van der Waals surface area contributed by atoms with Crippen molar-refractivity contribution in [2.24, 2.45) is 0 Å². The average molecular weight is 314 g/mol. The SMILES string of the molecule is COc1ccc2c(c1)OCCCC2NCCOc1cccnc1. The number of pyridine rings is 1. The summed E-state index contributed by atoms with van der Waals surface area (Å²) < 4.78 is 16.8. The Morgan fingerprint density at radius 3 is 3.09 bits per heavy atom. The van der Waals surface area contributed by atoms with Gasteiger partial charge < -0.3 is 19.5 Å². The first kappa shape index (κ1) is 15.6. The molecule has 2 heterocycles. The molecule has 0 bridgehead atoms. The second kappa shape index (κ2) is 7.83. The van der Waals surface area contributed by atoms with Crippen molar-refractivity contribution in [3.63, 3.8) is 0 Å². The summed E-state index contributed by atoms with van der Waals surface area (Å²) >= 11 is 0. The second-order valence-electron chi connectivity index (χ2n) is 5.44. The number of rotatable bonds is 6. The maximum atomic E-state index is 5.84. The molecular weight excluding hydrogens is 292 g/mol. The molecule has 1 aromatic heterocycles. The van der Waals surface area contributed by atoms with Gasteiger partial charge >= 0.3 is 0 Å². The fraction of sp³-hybridized carbons (Fsp3) is 0.389. The Morgan fingerprint density at radius 1 is 1.30 bits per heavy atom. The third kappa shape index (κ3) is 4.13. The number of aromatic nitrogens is 1. The number of nitrogens with one attached hydrogen (secondary N) is 1. The molecule has 2 aromatic rings. The Labute approximate surface area is 136 Å². The van der Waals surface area contributed by atoms with Crippen molar-refractivity contribution < 1.29 is 14.2 Å². The number of nitrogens with zero attached hydrogens (tertiary/aromatic N) is 1. The monoisotopic (exact) mass is 314 g/mol. The van der Waals surface area contributed by atoms with E-state index in [2.05, 4.69) is 16.4 Å². The molecule has 23 heavy (non-hydrogen) atoms. The summed E-state index contributed by atoms with van der Waals surface area (Å²) in [6, 6.07) is 10.1. The number of methoxy groups -OCH3 is 1. The third-order valence-corrected chi connectivity index (χ3v) is 3.89. The van der Waals surface area contributed by atoms with Crippen molar-refractivity contribution >= 4 is 0 Å². The minimum atomic E-state index is 0.274. The van der Waals surface area contributed by atoms with E-state index in [1.54, 1.807) is 19.5 Å². The quantitative estimate of drug-likeness (QED) is 0.831. The maximum Gasteiger partial charge on any atom is 0.137 e. The summed E-state index contributed by atoms with van der Waals surface area (Å²) in [7, 11) is 1.67. The smallest absolute Gasteiger partial charge is 0.137 e. The first-order chi connectivity index (χ1) is 11.4. The summed E-state index contributed by atoms with van der Waals surface area (Å²) in [6.45, 7) is 2.12. The van der Waals surface area contributed by atoms with E-state index in [1.165, 1.54) is 5.56 Å². The van der Waals surface area contributed by atoms with Crippen LogP contribution >= 0.6 is 0 Å². The molecule has 5 heteroatoms. The van der Waals surface area contributed by atoms with Crippen LogP contribution < -0.4 is 19.5 Å². The van der Waals surface area contributed by atoms with Crippen molar-refractivity contribution in [1.82, 2.24) is 10.3 Å². The van der Waals surface area contributed by atoms with Gasteiger partial charge in [-0.3, -0.25) is 4.98 Å². The van der Waals surface area contributed by atoms with Crippen LogP contribution in [0.4, 0.5) is 0 Å². The zero-order valence-corrected chi connectivity index (χ0v) is 13.3. The Morgan fingerprint density at radius 2 is 2.26 bits per heavy atom. The van der Waals surface area contributed by atoms with Crippen LogP contribution in [0, 0.1) is 0 Å². The lowest BCUT2D eigenvalue weighted by Crippen LogP contribution is -2.26. The Hall–Kier alpha value is -2.27. The Bertz CT molecular complexity index is 619. The molecule has 0 saturated heterocycles. The number of fused-ring (bicyclic) bond motifs is 1. The lowest BCUT2D eigenvalue weighted by Gasteiger charge is -2.19. The molecule has 1 N–H and O–H groups in total. The molecule has 1 aliphatic heterocycles. The zero-order valence-electron chi connectivity index (χ0n) is 13.3. The van der Waals surface area contributed by atoms with Gasteiger partial charge in [-0.25, -0.2) is 0 Å². The Balaban J connectivity index is 1.57. The van der Waals surface area contributed by atoms with Gasteiger partial charge in [-0.15, -0.1) is 0 Å². The molecule has 0 spiro atoms. The molecule has 122 valence electrons. The van der Waals surface area contributed by atoms with Crippen LogP contribution in [-0.4, -0.2) is 31.9 Å². The first-order valence-corrected chi connectivity index (χ1v) is 7.94. The number of hydrogen-bond donors (Lipinski definition) is 1. The standard InChI is InChI=1S/C18H22N2O3/c1-21-14-6-7-16-17(5-3-10-23-18(16)12-14)20-9-11-22-15-4-2-8-19-13-15/h2,4,6-8,12-13,17,20H,3,5,9-11H2,1H3. The van der Waals surface area contributed by atoms with Gasteiger partial charge in [-0.05, 0) is 31.0 Å². The van der Waals surface area contributed by atoms with Crippen LogP contribution in [0.2, 0.25) is 0 Å². The van der Waals surface area contributed by atoms with Gasteiger partial charge in [0.25, 0.3) is 0 Å². The van der Waals surface area contributed by atoms with Crippen molar-refractivity contribution in [1.29, 1.82) is 0 Å². The van der Waals surface area contributed by atoms with Crippen molar-refractivity contribution in [3.8, 4) is 17.2 Å². The predicted octanol–water partition coefficient (Wildman–Crippen LogP) is 2.97. The highest BCUT2D eigenvalue weighted by Crippen LogP contribution is 2.34. The summed E-state index contributed by atoms with van der Waals surface area (Å²) in [6.07, 6.45) is 5.53. The molecule has 0 saturated carbocycles. The van der Waals surface area contributed by atoms with Gasteiger partial charge in [-0.1, -0.05) is 6.07 Å². The van der Waals surface area contributed by atoms with E-state index >= 15 is 0 Å². The average Bonchev–Trinajstić information content (AvgIpc) is 2.81. The minimum Gasteiger partial charge on any atom is -0.497 e. The van der Waals surface area contributed by atoms with Crippen LogP contribution in [0.15, 0.2) is 42.7 Å².